The molecule has 12 heavy (non-hydrogen) atoms. The predicted octanol–water partition coefficient (Wildman–Crippen LogP) is 0.689. The van der Waals surface area contributed by atoms with Crippen LogP contribution < -0.4 is 0 Å². The third kappa shape index (κ3) is 4.00. The number of hydrogen-bond acceptors (Lipinski definition) is 2. The topological polar surface area (TPSA) is 37.4 Å². The summed E-state index contributed by atoms with van der Waals surface area (Å²) in [6.45, 7) is 0. The van der Waals surface area contributed by atoms with Crippen molar-refractivity contribution in [2.24, 2.45) is 0 Å². The number of rotatable bonds is 4. The van der Waals surface area contributed by atoms with Crippen LogP contribution in [-0.4, -0.2) is 37.1 Å². The Labute approximate surface area is 69.3 Å². The minimum absolute atomic E-state index is 0.307. The van der Waals surface area contributed by atoms with Gasteiger partial charge in [-0.3, -0.25) is 9.59 Å². The molecule has 0 bridgehead atoms. The SMILES string of the molecule is CN(C)C(=O)CCC(F)(F)C=O. The Bertz CT molecular complexity index is 180. The Kier molecular flexibility index (Phi) is 3.79. The first-order valence-electron chi connectivity index (χ1n) is 3.43. The zero-order valence-corrected chi connectivity index (χ0v) is 7.01. The summed E-state index contributed by atoms with van der Waals surface area (Å²) in [5, 5.41) is 0. The number of hydrogen-bond donors (Lipinski definition) is 0. The van der Waals surface area contributed by atoms with Crippen LogP contribution in [0.2, 0.25) is 0 Å². The lowest BCUT2D eigenvalue weighted by atomic mass is 10.2. The molecule has 70 valence electrons. The summed E-state index contributed by atoms with van der Waals surface area (Å²) in [6, 6.07) is 0. The molecule has 0 saturated carbocycles. The van der Waals surface area contributed by atoms with E-state index in [4.69, 9.17) is 0 Å². The van der Waals surface area contributed by atoms with Gasteiger partial charge in [0.25, 0.3) is 0 Å². The van der Waals surface area contributed by atoms with Crippen molar-refractivity contribution in [2.45, 2.75) is 18.8 Å². The number of halogens is 2. The first kappa shape index (κ1) is 11.0. The number of carbonyl (C=O) groups excluding carboxylic acids is 2. The quantitative estimate of drug-likeness (QED) is 0.595. The van der Waals surface area contributed by atoms with E-state index < -0.39 is 24.5 Å². The molecule has 5 heteroatoms. The van der Waals surface area contributed by atoms with Gasteiger partial charge in [-0.15, -0.1) is 0 Å². The molecule has 0 aromatic heterocycles. The smallest absolute Gasteiger partial charge is 0.302 e. The Balaban J connectivity index is 3.83. The fourth-order valence-electron chi connectivity index (χ4n) is 0.556. The van der Waals surface area contributed by atoms with Crippen molar-refractivity contribution < 1.29 is 18.4 Å². The van der Waals surface area contributed by atoms with E-state index in [0.29, 0.717) is 0 Å². The standard InChI is InChI=1S/C7H11F2NO2/c1-10(2)6(12)3-4-7(8,9)5-11/h5H,3-4H2,1-2H3. The van der Waals surface area contributed by atoms with Crippen molar-refractivity contribution >= 4 is 12.2 Å². The zero-order chi connectivity index (χ0) is 9.78. The molecule has 0 aliphatic rings. The van der Waals surface area contributed by atoms with Gasteiger partial charge in [-0.25, -0.2) is 0 Å². The van der Waals surface area contributed by atoms with E-state index in [0.717, 1.165) is 0 Å². The third-order valence-electron chi connectivity index (χ3n) is 1.34. The maximum Gasteiger partial charge on any atom is 0.302 e. The summed E-state index contributed by atoms with van der Waals surface area (Å²) in [7, 11) is 2.95. The summed E-state index contributed by atoms with van der Waals surface area (Å²) < 4.78 is 24.5. The van der Waals surface area contributed by atoms with E-state index in [-0.39, 0.29) is 6.42 Å². The Hall–Kier alpha value is -1.00. The molecule has 0 heterocycles. The molecule has 0 fully saturated rings. The van der Waals surface area contributed by atoms with Crippen LogP contribution in [0.1, 0.15) is 12.8 Å². The summed E-state index contributed by atoms with van der Waals surface area (Å²) >= 11 is 0. The van der Waals surface area contributed by atoms with Crippen molar-refractivity contribution in [3.05, 3.63) is 0 Å². The van der Waals surface area contributed by atoms with Crippen LogP contribution in [-0.2, 0) is 9.59 Å². The van der Waals surface area contributed by atoms with E-state index in [9.17, 15) is 18.4 Å². The molecule has 0 aromatic rings. The molecular weight excluding hydrogens is 168 g/mol. The summed E-state index contributed by atoms with van der Waals surface area (Å²) in [5.74, 6) is -3.78. The highest BCUT2D eigenvalue weighted by Crippen LogP contribution is 2.17. The minimum atomic E-state index is -3.37. The van der Waals surface area contributed by atoms with Gasteiger partial charge in [0.05, 0.1) is 0 Å². The molecule has 0 spiro atoms. The van der Waals surface area contributed by atoms with Crippen LogP contribution in [0.25, 0.3) is 0 Å². The fourth-order valence-corrected chi connectivity index (χ4v) is 0.556. The number of alkyl halides is 2. The van der Waals surface area contributed by atoms with E-state index in [1.807, 2.05) is 0 Å². The monoisotopic (exact) mass is 179 g/mol. The van der Waals surface area contributed by atoms with Crippen LogP contribution in [0, 0.1) is 0 Å². The van der Waals surface area contributed by atoms with Crippen molar-refractivity contribution in [1.82, 2.24) is 4.90 Å². The summed E-state index contributed by atoms with van der Waals surface area (Å²) in [5.41, 5.74) is 0. The van der Waals surface area contributed by atoms with Gasteiger partial charge in [-0.1, -0.05) is 0 Å². The lowest BCUT2D eigenvalue weighted by Crippen LogP contribution is -2.25. The van der Waals surface area contributed by atoms with Gasteiger partial charge in [-0.2, -0.15) is 8.78 Å². The molecular formula is C7H11F2NO2. The second-order valence-electron chi connectivity index (χ2n) is 2.67. The van der Waals surface area contributed by atoms with Gasteiger partial charge in [0.15, 0.2) is 6.29 Å². The molecule has 0 aromatic carbocycles. The highest BCUT2D eigenvalue weighted by molar-refractivity contribution is 5.76. The molecule has 0 saturated heterocycles. The average molecular weight is 179 g/mol. The number of amides is 1. The molecule has 0 N–H and O–H groups in total. The van der Waals surface area contributed by atoms with E-state index >= 15 is 0 Å². The van der Waals surface area contributed by atoms with Gasteiger partial charge < -0.3 is 4.90 Å². The molecule has 0 aliphatic carbocycles. The highest BCUT2D eigenvalue weighted by Gasteiger charge is 2.28. The van der Waals surface area contributed by atoms with E-state index in [1.165, 1.54) is 19.0 Å². The fraction of sp³-hybridized carbons (Fsp3) is 0.714. The van der Waals surface area contributed by atoms with E-state index in [1.54, 1.807) is 0 Å². The predicted molar refractivity (Wildman–Crippen MR) is 38.9 cm³/mol. The molecule has 3 nitrogen and oxygen atoms in total. The van der Waals surface area contributed by atoms with Crippen molar-refractivity contribution in [2.75, 3.05) is 14.1 Å². The number of nitrogens with zero attached hydrogens (tertiary/aromatic N) is 1. The maximum atomic E-state index is 12.2. The number of aldehydes is 1. The Morgan fingerprint density at radius 1 is 1.50 bits per heavy atom. The molecule has 0 aliphatic heterocycles. The van der Waals surface area contributed by atoms with Crippen LogP contribution >= 0.6 is 0 Å². The van der Waals surface area contributed by atoms with Crippen molar-refractivity contribution in [3.8, 4) is 0 Å². The van der Waals surface area contributed by atoms with Gasteiger partial charge in [0, 0.05) is 26.9 Å². The van der Waals surface area contributed by atoms with Crippen LogP contribution in [0.15, 0.2) is 0 Å². The molecule has 0 unspecified atom stereocenters. The second kappa shape index (κ2) is 4.13. The lowest BCUT2D eigenvalue weighted by Gasteiger charge is -2.12. The van der Waals surface area contributed by atoms with Crippen molar-refractivity contribution in [3.63, 3.8) is 0 Å². The van der Waals surface area contributed by atoms with Crippen LogP contribution in [0.4, 0.5) is 8.78 Å². The van der Waals surface area contributed by atoms with Gasteiger partial charge >= 0.3 is 5.92 Å². The normalized spacial score (nSPS) is 11.0. The van der Waals surface area contributed by atoms with Gasteiger partial charge in [-0.05, 0) is 0 Å². The van der Waals surface area contributed by atoms with Crippen molar-refractivity contribution in [1.29, 1.82) is 0 Å². The second-order valence-corrected chi connectivity index (χ2v) is 2.67. The van der Waals surface area contributed by atoms with Crippen LogP contribution in [0.5, 0.6) is 0 Å². The van der Waals surface area contributed by atoms with E-state index in [2.05, 4.69) is 0 Å². The molecule has 1 amide bonds. The first-order chi connectivity index (χ1) is 5.39. The summed E-state index contributed by atoms with van der Waals surface area (Å²) in [4.78, 5) is 21.7. The average Bonchev–Trinajstić information content (AvgIpc) is 2.00. The maximum absolute atomic E-state index is 12.2. The third-order valence-corrected chi connectivity index (χ3v) is 1.34. The minimum Gasteiger partial charge on any atom is -0.349 e. The first-order valence-corrected chi connectivity index (χ1v) is 3.43. The van der Waals surface area contributed by atoms with Gasteiger partial charge in [0.1, 0.15) is 0 Å². The van der Waals surface area contributed by atoms with Crippen LogP contribution in [0.3, 0.4) is 0 Å². The molecule has 0 rings (SSSR count). The zero-order valence-electron chi connectivity index (χ0n) is 7.01. The largest absolute Gasteiger partial charge is 0.349 e. The highest BCUT2D eigenvalue weighted by atomic mass is 19.3. The Morgan fingerprint density at radius 3 is 2.33 bits per heavy atom. The molecule has 0 atom stereocenters. The number of carbonyl (C=O) groups is 2. The summed E-state index contributed by atoms with van der Waals surface area (Å²) in [6.07, 6.45) is -1.46. The Morgan fingerprint density at radius 2 is 2.00 bits per heavy atom. The molecule has 0 radical (unpaired) electrons. The van der Waals surface area contributed by atoms with Gasteiger partial charge in [0.2, 0.25) is 5.91 Å². The lowest BCUT2D eigenvalue weighted by molar-refractivity contribution is -0.135.